The van der Waals surface area contributed by atoms with E-state index in [1.807, 2.05) is 0 Å². The summed E-state index contributed by atoms with van der Waals surface area (Å²) in [5, 5.41) is 2.80. The van der Waals surface area contributed by atoms with Crippen LogP contribution in [0.15, 0.2) is 42.5 Å². The fraction of sp³-hybridized carbons (Fsp3) is 0.381. The number of hydrogen-bond acceptors (Lipinski definition) is 5. The maximum absolute atomic E-state index is 12.6. The number of rotatable bonds is 7. The van der Waals surface area contributed by atoms with E-state index in [1.54, 1.807) is 53.9 Å². The molecule has 7 nitrogen and oxygen atoms in total. The second kappa shape index (κ2) is 9.28. The summed E-state index contributed by atoms with van der Waals surface area (Å²) < 4.78 is 37.1. The van der Waals surface area contributed by atoms with E-state index in [9.17, 15) is 13.2 Å². The molecule has 1 saturated heterocycles. The molecular formula is C21H26N2O5S. The van der Waals surface area contributed by atoms with Crippen molar-refractivity contribution in [3.05, 3.63) is 53.6 Å². The molecule has 8 heteroatoms. The Balaban J connectivity index is 1.66. The zero-order valence-corrected chi connectivity index (χ0v) is 17.5. The summed E-state index contributed by atoms with van der Waals surface area (Å²) >= 11 is 0. The maximum Gasteiger partial charge on any atom is 0.255 e. The van der Waals surface area contributed by atoms with Crippen LogP contribution in [0.1, 0.15) is 35.2 Å². The Morgan fingerprint density at radius 3 is 2.24 bits per heavy atom. The van der Waals surface area contributed by atoms with Crippen molar-refractivity contribution in [2.75, 3.05) is 32.6 Å². The first-order valence-corrected chi connectivity index (χ1v) is 11.1. The molecule has 1 heterocycles. The van der Waals surface area contributed by atoms with E-state index in [2.05, 4.69) is 5.32 Å². The van der Waals surface area contributed by atoms with Crippen molar-refractivity contribution in [1.82, 2.24) is 4.31 Å². The van der Waals surface area contributed by atoms with Crippen LogP contribution in [0.5, 0.6) is 11.5 Å². The van der Waals surface area contributed by atoms with E-state index in [-0.39, 0.29) is 11.7 Å². The molecule has 1 N–H and O–H groups in total. The van der Waals surface area contributed by atoms with Crippen LogP contribution in [0.25, 0.3) is 0 Å². The quantitative estimate of drug-likeness (QED) is 0.746. The Kier molecular flexibility index (Phi) is 6.76. The fourth-order valence-electron chi connectivity index (χ4n) is 3.31. The van der Waals surface area contributed by atoms with Gasteiger partial charge in [-0.05, 0) is 42.7 Å². The van der Waals surface area contributed by atoms with Crippen molar-refractivity contribution >= 4 is 21.6 Å². The second-order valence-electron chi connectivity index (χ2n) is 6.94. The fourth-order valence-corrected chi connectivity index (χ4v) is 4.93. The third-order valence-electron chi connectivity index (χ3n) is 4.92. The molecule has 0 radical (unpaired) electrons. The summed E-state index contributed by atoms with van der Waals surface area (Å²) in [7, 11) is -0.253. The molecule has 29 heavy (non-hydrogen) atoms. The number of sulfonamides is 1. The lowest BCUT2D eigenvalue weighted by Crippen LogP contribution is -2.36. The highest BCUT2D eigenvalue weighted by Crippen LogP contribution is 2.30. The Morgan fingerprint density at radius 2 is 1.62 bits per heavy atom. The topological polar surface area (TPSA) is 84.9 Å². The van der Waals surface area contributed by atoms with Gasteiger partial charge in [-0.1, -0.05) is 18.6 Å². The number of nitrogens with one attached hydrogen (secondary N) is 1. The Hall–Kier alpha value is -2.58. The van der Waals surface area contributed by atoms with Crippen LogP contribution in [0.4, 0.5) is 5.69 Å². The number of piperidine rings is 1. The van der Waals surface area contributed by atoms with E-state index >= 15 is 0 Å². The van der Waals surface area contributed by atoms with E-state index < -0.39 is 10.0 Å². The van der Waals surface area contributed by atoms with Crippen molar-refractivity contribution < 1.29 is 22.7 Å². The highest BCUT2D eigenvalue weighted by molar-refractivity contribution is 7.88. The number of carbonyl (C=O) groups excluding carboxylic acids is 1. The average Bonchev–Trinajstić information content (AvgIpc) is 2.74. The van der Waals surface area contributed by atoms with Crippen molar-refractivity contribution in [3.63, 3.8) is 0 Å². The van der Waals surface area contributed by atoms with Crippen molar-refractivity contribution in [2.24, 2.45) is 0 Å². The molecule has 3 rings (SSSR count). The lowest BCUT2D eigenvalue weighted by Gasteiger charge is -2.25. The molecule has 0 saturated carbocycles. The maximum atomic E-state index is 12.6. The predicted octanol–water partition coefficient (Wildman–Crippen LogP) is 3.27. The Bertz CT molecular complexity index is 952. The number of nitrogens with zero attached hydrogens (tertiary/aromatic N) is 1. The SMILES string of the molecule is COc1ccc(NC(=O)c2ccc(CS(=O)(=O)N3CCCCC3)cc2)cc1OC. The first-order chi connectivity index (χ1) is 13.9. The number of anilines is 1. The Morgan fingerprint density at radius 1 is 0.966 bits per heavy atom. The van der Waals surface area contributed by atoms with Gasteiger partial charge in [0.25, 0.3) is 5.91 Å². The third kappa shape index (κ3) is 5.27. The molecule has 2 aromatic rings. The minimum atomic E-state index is -3.33. The number of carbonyl (C=O) groups is 1. The van der Waals surface area contributed by atoms with Crippen LogP contribution in [0, 0.1) is 0 Å². The van der Waals surface area contributed by atoms with E-state index in [4.69, 9.17) is 9.47 Å². The molecule has 0 aromatic heterocycles. The molecule has 1 aliphatic heterocycles. The van der Waals surface area contributed by atoms with Crippen LogP contribution in [-0.4, -0.2) is 45.9 Å². The summed E-state index contributed by atoms with van der Waals surface area (Å²) in [6.07, 6.45) is 2.90. The summed E-state index contributed by atoms with van der Waals surface area (Å²) in [5.41, 5.74) is 1.68. The van der Waals surface area contributed by atoms with Crippen LogP contribution in [-0.2, 0) is 15.8 Å². The van der Waals surface area contributed by atoms with Gasteiger partial charge in [0.2, 0.25) is 10.0 Å². The lowest BCUT2D eigenvalue weighted by atomic mass is 10.1. The molecule has 0 unspecified atom stereocenters. The minimum Gasteiger partial charge on any atom is -0.493 e. The van der Waals surface area contributed by atoms with Gasteiger partial charge in [0.15, 0.2) is 11.5 Å². The van der Waals surface area contributed by atoms with Gasteiger partial charge in [0.1, 0.15) is 0 Å². The third-order valence-corrected chi connectivity index (χ3v) is 6.77. The molecule has 1 fully saturated rings. The molecule has 156 valence electrons. The molecule has 1 amide bonds. The highest BCUT2D eigenvalue weighted by Gasteiger charge is 2.24. The van der Waals surface area contributed by atoms with Crippen molar-refractivity contribution in [1.29, 1.82) is 0 Å². The van der Waals surface area contributed by atoms with E-state index in [1.165, 1.54) is 7.11 Å². The van der Waals surface area contributed by atoms with Crippen molar-refractivity contribution in [3.8, 4) is 11.5 Å². The first-order valence-electron chi connectivity index (χ1n) is 9.53. The second-order valence-corrected chi connectivity index (χ2v) is 8.91. The summed E-state index contributed by atoms with van der Waals surface area (Å²) in [5.74, 6) is 0.751. The number of ether oxygens (including phenoxy) is 2. The van der Waals surface area contributed by atoms with Gasteiger partial charge in [-0.15, -0.1) is 0 Å². The summed E-state index contributed by atoms with van der Waals surface area (Å²) in [6.45, 7) is 1.18. The highest BCUT2D eigenvalue weighted by atomic mass is 32.2. The first kappa shape index (κ1) is 21.1. The zero-order valence-electron chi connectivity index (χ0n) is 16.7. The van der Waals surface area contributed by atoms with Crippen molar-refractivity contribution in [2.45, 2.75) is 25.0 Å². The van der Waals surface area contributed by atoms with Gasteiger partial charge in [-0.2, -0.15) is 0 Å². The molecular weight excluding hydrogens is 392 g/mol. The van der Waals surface area contributed by atoms with Gasteiger partial charge in [-0.25, -0.2) is 12.7 Å². The molecule has 1 aliphatic rings. The van der Waals surface area contributed by atoms with Gasteiger partial charge < -0.3 is 14.8 Å². The summed E-state index contributed by atoms with van der Waals surface area (Å²) in [6, 6.07) is 11.8. The summed E-state index contributed by atoms with van der Waals surface area (Å²) in [4.78, 5) is 12.5. The monoisotopic (exact) mass is 418 g/mol. The predicted molar refractivity (Wildman–Crippen MR) is 112 cm³/mol. The molecule has 0 spiro atoms. The smallest absolute Gasteiger partial charge is 0.255 e. The average molecular weight is 419 g/mol. The lowest BCUT2D eigenvalue weighted by molar-refractivity contribution is 0.102. The number of benzene rings is 2. The molecule has 0 atom stereocenters. The molecule has 2 aromatic carbocycles. The largest absolute Gasteiger partial charge is 0.493 e. The van der Waals surface area contributed by atoms with Crippen LogP contribution in [0.2, 0.25) is 0 Å². The van der Waals surface area contributed by atoms with Gasteiger partial charge in [0.05, 0.1) is 20.0 Å². The molecule has 0 aliphatic carbocycles. The van der Waals surface area contributed by atoms with Gasteiger partial charge in [-0.3, -0.25) is 4.79 Å². The van der Waals surface area contributed by atoms with E-state index in [0.717, 1.165) is 19.3 Å². The Labute approximate surface area is 171 Å². The number of hydrogen-bond donors (Lipinski definition) is 1. The minimum absolute atomic E-state index is 0.0510. The standard InChI is InChI=1S/C21H26N2O5S/c1-27-19-11-10-18(14-20(19)28-2)22-21(24)17-8-6-16(7-9-17)15-29(25,26)23-12-4-3-5-13-23/h6-11,14H,3-5,12-13,15H2,1-2H3,(H,22,24). The van der Waals surface area contributed by atoms with Gasteiger partial charge in [0, 0.05) is 30.4 Å². The zero-order chi connectivity index (χ0) is 20.9. The van der Waals surface area contributed by atoms with Crippen LogP contribution >= 0.6 is 0 Å². The number of methoxy groups -OCH3 is 2. The van der Waals surface area contributed by atoms with Gasteiger partial charge >= 0.3 is 0 Å². The van der Waals surface area contributed by atoms with Crippen LogP contribution in [0.3, 0.4) is 0 Å². The number of amides is 1. The molecule has 0 bridgehead atoms. The van der Waals surface area contributed by atoms with Crippen LogP contribution < -0.4 is 14.8 Å². The normalized spacial score (nSPS) is 15.0. The van der Waals surface area contributed by atoms with E-state index in [0.29, 0.717) is 41.4 Å².